The Morgan fingerprint density at radius 2 is 2.06 bits per heavy atom. The molecule has 88 valence electrons. The molecule has 0 unspecified atom stereocenters. The van der Waals surface area contributed by atoms with E-state index in [1.165, 1.54) is 22.5 Å². The first-order valence-electron chi connectivity index (χ1n) is 4.96. The average Bonchev–Trinajstić information content (AvgIpc) is 2.98. The predicted molar refractivity (Wildman–Crippen MR) is 63.8 cm³/mol. The molecule has 0 atom stereocenters. The molecule has 16 heavy (non-hydrogen) atoms. The Morgan fingerprint density at radius 3 is 2.56 bits per heavy atom. The normalized spacial score (nSPS) is 16.7. The summed E-state index contributed by atoms with van der Waals surface area (Å²) in [7, 11) is -1.89. The van der Waals surface area contributed by atoms with E-state index in [-0.39, 0.29) is 16.6 Å². The molecule has 0 heterocycles. The van der Waals surface area contributed by atoms with Gasteiger partial charge in [-0.1, -0.05) is 11.6 Å². The largest absolute Gasteiger partial charge is 0.398 e. The van der Waals surface area contributed by atoms with Gasteiger partial charge >= 0.3 is 0 Å². The van der Waals surface area contributed by atoms with Crippen molar-refractivity contribution in [2.75, 3.05) is 12.8 Å². The zero-order valence-electron chi connectivity index (χ0n) is 8.85. The van der Waals surface area contributed by atoms with Crippen LogP contribution in [-0.2, 0) is 10.0 Å². The molecule has 0 aliphatic heterocycles. The van der Waals surface area contributed by atoms with Crippen molar-refractivity contribution in [2.24, 2.45) is 0 Å². The molecule has 6 heteroatoms. The van der Waals surface area contributed by atoms with Crippen LogP contribution in [0.2, 0.25) is 5.02 Å². The first-order chi connectivity index (χ1) is 7.43. The zero-order chi connectivity index (χ0) is 11.9. The summed E-state index contributed by atoms with van der Waals surface area (Å²) >= 11 is 5.73. The number of sulfonamides is 1. The van der Waals surface area contributed by atoms with Crippen molar-refractivity contribution in [3.05, 3.63) is 23.2 Å². The van der Waals surface area contributed by atoms with Crippen LogP contribution in [0.15, 0.2) is 23.1 Å². The number of rotatable bonds is 3. The molecule has 1 aromatic rings. The lowest BCUT2D eigenvalue weighted by molar-refractivity contribution is 0.464. The van der Waals surface area contributed by atoms with Crippen LogP contribution in [0.1, 0.15) is 12.8 Å². The highest BCUT2D eigenvalue weighted by Gasteiger charge is 2.35. The van der Waals surface area contributed by atoms with Gasteiger partial charge in [0.15, 0.2) is 0 Å². The Hall–Kier alpha value is -0.780. The second-order valence-electron chi connectivity index (χ2n) is 3.93. The molecule has 0 spiro atoms. The maximum Gasteiger partial charge on any atom is 0.245 e. The summed E-state index contributed by atoms with van der Waals surface area (Å²) in [5.41, 5.74) is 5.87. The van der Waals surface area contributed by atoms with E-state index in [2.05, 4.69) is 0 Å². The summed E-state index contributed by atoms with van der Waals surface area (Å²) < 4.78 is 25.7. The van der Waals surface area contributed by atoms with Crippen LogP contribution in [0.4, 0.5) is 5.69 Å². The van der Waals surface area contributed by atoms with Crippen LogP contribution in [0.25, 0.3) is 0 Å². The summed E-state index contributed by atoms with van der Waals surface area (Å²) in [6.45, 7) is 0. The van der Waals surface area contributed by atoms with E-state index in [9.17, 15) is 8.42 Å². The first-order valence-corrected chi connectivity index (χ1v) is 6.78. The standard InChI is InChI=1S/C10H13ClN2O2S/c1-13(8-3-4-8)16(14,15)10-5-2-7(11)6-9(10)12/h2,5-6,8H,3-4,12H2,1H3. The fourth-order valence-corrected chi connectivity index (χ4v) is 3.23. The van der Waals surface area contributed by atoms with Gasteiger partial charge in [0.2, 0.25) is 10.0 Å². The number of nitrogens with two attached hydrogens (primary N) is 1. The lowest BCUT2D eigenvalue weighted by atomic mass is 10.3. The van der Waals surface area contributed by atoms with Crippen molar-refractivity contribution in [1.29, 1.82) is 0 Å². The molecule has 0 bridgehead atoms. The molecule has 1 aromatic carbocycles. The number of nitrogens with zero attached hydrogens (tertiary/aromatic N) is 1. The van der Waals surface area contributed by atoms with Crippen molar-refractivity contribution in [1.82, 2.24) is 4.31 Å². The molecule has 0 radical (unpaired) electrons. The Balaban J connectivity index is 2.42. The number of anilines is 1. The smallest absolute Gasteiger partial charge is 0.245 e. The molecule has 0 aromatic heterocycles. The van der Waals surface area contributed by atoms with Crippen LogP contribution in [0, 0.1) is 0 Å². The minimum atomic E-state index is -3.47. The van der Waals surface area contributed by atoms with Gasteiger partial charge in [-0.05, 0) is 31.0 Å². The highest BCUT2D eigenvalue weighted by molar-refractivity contribution is 7.89. The van der Waals surface area contributed by atoms with Gasteiger partial charge in [0.05, 0.1) is 5.69 Å². The fourth-order valence-electron chi connectivity index (χ4n) is 1.54. The van der Waals surface area contributed by atoms with E-state index >= 15 is 0 Å². The molecule has 2 N–H and O–H groups in total. The van der Waals surface area contributed by atoms with Crippen molar-refractivity contribution in [3.8, 4) is 0 Å². The van der Waals surface area contributed by atoms with Crippen LogP contribution in [0.3, 0.4) is 0 Å². The molecular formula is C10H13ClN2O2S. The predicted octanol–water partition coefficient (Wildman–Crippen LogP) is 1.71. The molecule has 1 saturated carbocycles. The highest BCUT2D eigenvalue weighted by Crippen LogP contribution is 2.32. The van der Waals surface area contributed by atoms with Crippen molar-refractivity contribution in [3.63, 3.8) is 0 Å². The Bertz CT molecular complexity index is 512. The number of benzene rings is 1. The Morgan fingerprint density at radius 1 is 1.44 bits per heavy atom. The molecule has 1 fully saturated rings. The summed E-state index contributed by atoms with van der Waals surface area (Å²) in [5, 5.41) is 0.436. The Kier molecular flexibility index (Phi) is 2.86. The topological polar surface area (TPSA) is 63.4 Å². The second kappa shape index (κ2) is 3.91. The summed E-state index contributed by atoms with van der Waals surface area (Å²) in [4.78, 5) is 0.131. The SMILES string of the molecule is CN(C1CC1)S(=O)(=O)c1ccc(Cl)cc1N. The van der Waals surface area contributed by atoms with Gasteiger partial charge in [0, 0.05) is 18.1 Å². The molecule has 1 aliphatic rings. The van der Waals surface area contributed by atoms with Gasteiger partial charge in [-0.15, -0.1) is 0 Å². The highest BCUT2D eigenvalue weighted by atomic mass is 35.5. The number of hydrogen-bond acceptors (Lipinski definition) is 3. The maximum atomic E-state index is 12.1. The third-order valence-electron chi connectivity index (χ3n) is 2.69. The van der Waals surface area contributed by atoms with Gasteiger partial charge in [-0.25, -0.2) is 8.42 Å². The van der Waals surface area contributed by atoms with Gasteiger partial charge < -0.3 is 5.73 Å². The van der Waals surface area contributed by atoms with Gasteiger partial charge in [0.25, 0.3) is 0 Å². The van der Waals surface area contributed by atoms with Crippen LogP contribution in [0.5, 0.6) is 0 Å². The van der Waals surface area contributed by atoms with E-state index < -0.39 is 10.0 Å². The molecular weight excluding hydrogens is 248 g/mol. The van der Waals surface area contributed by atoms with Crippen molar-refractivity contribution < 1.29 is 8.42 Å². The van der Waals surface area contributed by atoms with E-state index in [1.807, 2.05) is 0 Å². The number of nitrogen functional groups attached to an aromatic ring is 1. The molecule has 2 rings (SSSR count). The van der Waals surface area contributed by atoms with E-state index in [0.29, 0.717) is 5.02 Å². The third-order valence-corrected chi connectivity index (χ3v) is 4.91. The Labute approximate surface area is 100 Å². The van der Waals surface area contributed by atoms with Gasteiger partial charge in [-0.2, -0.15) is 4.31 Å². The summed E-state index contributed by atoms with van der Waals surface area (Å²) in [6, 6.07) is 4.56. The summed E-state index contributed by atoms with van der Waals surface area (Å²) in [5.74, 6) is 0. The van der Waals surface area contributed by atoms with Crippen LogP contribution < -0.4 is 5.73 Å². The average molecular weight is 261 g/mol. The van der Waals surface area contributed by atoms with E-state index in [1.54, 1.807) is 7.05 Å². The van der Waals surface area contributed by atoms with Crippen molar-refractivity contribution >= 4 is 27.3 Å². The minimum absolute atomic E-state index is 0.125. The van der Waals surface area contributed by atoms with Gasteiger partial charge in [0.1, 0.15) is 4.90 Å². The lowest BCUT2D eigenvalue weighted by Gasteiger charge is -2.17. The monoisotopic (exact) mass is 260 g/mol. The molecule has 1 aliphatic carbocycles. The van der Waals surface area contributed by atoms with Crippen LogP contribution in [-0.4, -0.2) is 25.8 Å². The lowest BCUT2D eigenvalue weighted by Crippen LogP contribution is -2.29. The quantitative estimate of drug-likeness (QED) is 0.842. The van der Waals surface area contributed by atoms with Gasteiger partial charge in [-0.3, -0.25) is 0 Å². The van der Waals surface area contributed by atoms with Crippen LogP contribution >= 0.6 is 11.6 Å². The maximum absolute atomic E-state index is 12.1. The zero-order valence-corrected chi connectivity index (χ0v) is 10.4. The first kappa shape index (κ1) is 11.7. The third kappa shape index (κ3) is 2.03. The van der Waals surface area contributed by atoms with Crippen molar-refractivity contribution in [2.45, 2.75) is 23.8 Å². The minimum Gasteiger partial charge on any atom is -0.398 e. The van der Waals surface area contributed by atoms with E-state index in [4.69, 9.17) is 17.3 Å². The molecule has 0 amide bonds. The molecule has 0 saturated heterocycles. The number of halogens is 1. The summed E-state index contributed by atoms with van der Waals surface area (Å²) in [6.07, 6.45) is 1.84. The fraction of sp³-hybridized carbons (Fsp3) is 0.400. The van der Waals surface area contributed by atoms with E-state index in [0.717, 1.165) is 12.8 Å². The molecule has 4 nitrogen and oxygen atoms in total. The second-order valence-corrected chi connectivity index (χ2v) is 6.34. The number of hydrogen-bond donors (Lipinski definition) is 1.